The smallest absolute Gasteiger partial charge is 0.150 e. The molecule has 2 nitrogen and oxygen atoms in total. The Labute approximate surface area is 86.2 Å². The van der Waals surface area contributed by atoms with Gasteiger partial charge in [-0.15, -0.1) is 11.3 Å². The Morgan fingerprint density at radius 1 is 1.43 bits per heavy atom. The van der Waals surface area contributed by atoms with Crippen LogP contribution in [0.3, 0.4) is 0 Å². The maximum atomic E-state index is 10.6. The van der Waals surface area contributed by atoms with Gasteiger partial charge in [-0.3, -0.25) is 4.79 Å². The van der Waals surface area contributed by atoms with Crippen molar-refractivity contribution in [2.75, 3.05) is 0 Å². The van der Waals surface area contributed by atoms with Crippen molar-refractivity contribution in [2.45, 2.75) is 6.92 Å². The molecule has 0 unspecified atom stereocenters. The van der Waals surface area contributed by atoms with Crippen LogP contribution in [0.15, 0.2) is 29.6 Å². The Kier molecular flexibility index (Phi) is 2.41. The van der Waals surface area contributed by atoms with E-state index >= 15 is 0 Å². The lowest BCUT2D eigenvalue weighted by atomic mass is 10.1. The van der Waals surface area contributed by atoms with Crippen molar-refractivity contribution in [1.29, 1.82) is 0 Å². The lowest BCUT2D eigenvalue weighted by Gasteiger charge is -1.96. The molecule has 1 aromatic heterocycles. The van der Waals surface area contributed by atoms with Crippen LogP contribution in [-0.2, 0) is 0 Å². The highest BCUT2D eigenvalue weighted by Gasteiger charge is 2.01. The van der Waals surface area contributed by atoms with Gasteiger partial charge in [0.1, 0.15) is 6.29 Å². The molecule has 0 atom stereocenters. The van der Waals surface area contributed by atoms with Gasteiger partial charge >= 0.3 is 0 Å². The van der Waals surface area contributed by atoms with Gasteiger partial charge in [-0.2, -0.15) is 0 Å². The number of thiazole rings is 1. The number of hydrogen-bond acceptors (Lipinski definition) is 3. The summed E-state index contributed by atoms with van der Waals surface area (Å²) in [5.74, 6) is 0. The normalized spacial score (nSPS) is 10.1. The molecule has 0 aliphatic carbocycles. The molecule has 3 heteroatoms. The average molecular weight is 203 g/mol. The standard InChI is InChI=1S/C11H9NOS/c1-8-12-11(7-14-8)10-4-2-3-9(5-10)6-13/h2-7H,1H3. The fourth-order valence-electron chi connectivity index (χ4n) is 1.27. The van der Waals surface area contributed by atoms with Crippen LogP contribution in [0.4, 0.5) is 0 Å². The van der Waals surface area contributed by atoms with E-state index in [9.17, 15) is 4.79 Å². The van der Waals surface area contributed by atoms with Crippen LogP contribution in [0.5, 0.6) is 0 Å². The summed E-state index contributed by atoms with van der Waals surface area (Å²) in [6, 6.07) is 7.46. The maximum absolute atomic E-state index is 10.6. The summed E-state index contributed by atoms with van der Waals surface area (Å²) in [4.78, 5) is 14.9. The molecule has 1 heterocycles. The van der Waals surface area contributed by atoms with Crippen LogP contribution in [0, 0.1) is 6.92 Å². The second kappa shape index (κ2) is 3.72. The van der Waals surface area contributed by atoms with Gasteiger partial charge in [-0.05, 0) is 13.0 Å². The van der Waals surface area contributed by atoms with Gasteiger partial charge in [0.15, 0.2) is 0 Å². The lowest BCUT2D eigenvalue weighted by molar-refractivity contribution is 0.112. The fourth-order valence-corrected chi connectivity index (χ4v) is 1.89. The lowest BCUT2D eigenvalue weighted by Crippen LogP contribution is -1.82. The first-order chi connectivity index (χ1) is 6.79. The Morgan fingerprint density at radius 3 is 2.93 bits per heavy atom. The summed E-state index contributed by atoms with van der Waals surface area (Å²) in [6.45, 7) is 1.97. The third-order valence-electron chi connectivity index (χ3n) is 1.94. The van der Waals surface area contributed by atoms with Crippen molar-refractivity contribution in [3.05, 3.63) is 40.2 Å². The van der Waals surface area contributed by atoms with Gasteiger partial charge < -0.3 is 0 Å². The van der Waals surface area contributed by atoms with Gasteiger partial charge in [0.2, 0.25) is 0 Å². The number of aromatic nitrogens is 1. The average Bonchev–Trinajstić information content (AvgIpc) is 2.65. The second-order valence-electron chi connectivity index (χ2n) is 3.00. The topological polar surface area (TPSA) is 30.0 Å². The van der Waals surface area contributed by atoms with Crippen molar-refractivity contribution < 1.29 is 4.79 Å². The number of aryl methyl sites for hydroxylation is 1. The van der Waals surface area contributed by atoms with Gasteiger partial charge in [-0.1, -0.05) is 18.2 Å². The first-order valence-corrected chi connectivity index (χ1v) is 5.15. The van der Waals surface area contributed by atoms with E-state index in [1.54, 1.807) is 17.4 Å². The SMILES string of the molecule is Cc1nc(-c2cccc(C=O)c2)cs1. The molecule has 0 radical (unpaired) electrons. The second-order valence-corrected chi connectivity index (χ2v) is 4.06. The minimum atomic E-state index is 0.688. The third-order valence-corrected chi connectivity index (χ3v) is 2.71. The molecule has 2 rings (SSSR count). The van der Waals surface area contributed by atoms with Crippen LogP contribution in [-0.4, -0.2) is 11.3 Å². The molecule has 0 saturated heterocycles. The van der Waals surface area contributed by atoms with E-state index in [-0.39, 0.29) is 0 Å². The number of benzene rings is 1. The minimum Gasteiger partial charge on any atom is -0.298 e. The molecule has 14 heavy (non-hydrogen) atoms. The number of nitrogens with zero attached hydrogens (tertiary/aromatic N) is 1. The van der Waals surface area contributed by atoms with Crippen LogP contribution in [0.1, 0.15) is 15.4 Å². The predicted molar refractivity (Wildman–Crippen MR) is 57.7 cm³/mol. The summed E-state index contributed by atoms with van der Waals surface area (Å²) in [6.07, 6.45) is 0.850. The molecule has 0 saturated carbocycles. The number of carbonyl (C=O) groups excluding carboxylic acids is 1. The highest BCUT2D eigenvalue weighted by molar-refractivity contribution is 7.09. The molecule has 2 aromatic rings. The molecular formula is C11H9NOS. The molecule has 0 N–H and O–H groups in total. The molecule has 0 amide bonds. The van der Waals surface area contributed by atoms with Crippen LogP contribution in [0.2, 0.25) is 0 Å². The van der Waals surface area contributed by atoms with Crippen molar-refractivity contribution >= 4 is 17.6 Å². The monoisotopic (exact) mass is 203 g/mol. The maximum Gasteiger partial charge on any atom is 0.150 e. The third kappa shape index (κ3) is 1.72. The molecular weight excluding hydrogens is 194 g/mol. The quantitative estimate of drug-likeness (QED) is 0.702. The summed E-state index contributed by atoms with van der Waals surface area (Å²) in [5, 5.41) is 3.04. The van der Waals surface area contributed by atoms with Crippen LogP contribution < -0.4 is 0 Å². The summed E-state index contributed by atoms with van der Waals surface area (Å²) < 4.78 is 0. The number of aldehydes is 1. The van der Waals surface area contributed by atoms with Crippen molar-refractivity contribution in [2.24, 2.45) is 0 Å². The van der Waals surface area contributed by atoms with E-state index in [4.69, 9.17) is 0 Å². The van der Waals surface area contributed by atoms with E-state index in [1.165, 1.54) is 0 Å². The number of rotatable bonds is 2. The number of carbonyl (C=O) groups is 1. The summed E-state index contributed by atoms with van der Waals surface area (Å²) in [5.41, 5.74) is 2.63. The van der Waals surface area contributed by atoms with Crippen molar-refractivity contribution in [3.63, 3.8) is 0 Å². The van der Waals surface area contributed by atoms with E-state index in [0.29, 0.717) is 5.56 Å². The minimum absolute atomic E-state index is 0.688. The van der Waals surface area contributed by atoms with Gasteiger partial charge in [0, 0.05) is 16.5 Å². The Morgan fingerprint density at radius 2 is 2.29 bits per heavy atom. The largest absolute Gasteiger partial charge is 0.298 e. The molecule has 70 valence electrons. The Balaban J connectivity index is 2.46. The van der Waals surface area contributed by atoms with E-state index in [2.05, 4.69) is 4.98 Å². The first-order valence-electron chi connectivity index (χ1n) is 4.27. The molecule has 0 bridgehead atoms. The fraction of sp³-hybridized carbons (Fsp3) is 0.0909. The predicted octanol–water partition coefficient (Wildman–Crippen LogP) is 2.93. The van der Waals surface area contributed by atoms with Gasteiger partial charge in [0.25, 0.3) is 0 Å². The molecule has 0 aliphatic heterocycles. The molecule has 0 aliphatic rings. The Bertz CT molecular complexity index is 462. The molecule has 0 spiro atoms. The van der Waals surface area contributed by atoms with Crippen molar-refractivity contribution in [1.82, 2.24) is 4.98 Å². The highest BCUT2D eigenvalue weighted by Crippen LogP contribution is 2.21. The van der Waals surface area contributed by atoms with Gasteiger partial charge in [-0.25, -0.2) is 4.98 Å². The van der Waals surface area contributed by atoms with E-state index in [1.807, 2.05) is 30.5 Å². The summed E-state index contributed by atoms with van der Waals surface area (Å²) in [7, 11) is 0. The molecule has 1 aromatic carbocycles. The van der Waals surface area contributed by atoms with Gasteiger partial charge in [0.05, 0.1) is 10.7 Å². The van der Waals surface area contributed by atoms with Crippen LogP contribution in [0.25, 0.3) is 11.3 Å². The zero-order chi connectivity index (χ0) is 9.97. The van der Waals surface area contributed by atoms with E-state index < -0.39 is 0 Å². The number of hydrogen-bond donors (Lipinski definition) is 0. The summed E-state index contributed by atoms with van der Waals surface area (Å²) >= 11 is 1.61. The zero-order valence-corrected chi connectivity index (χ0v) is 8.54. The zero-order valence-electron chi connectivity index (χ0n) is 7.73. The van der Waals surface area contributed by atoms with Crippen LogP contribution >= 0.6 is 11.3 Å². The highest BCUT2D eigenvalue weighted by atomic mass is 32.1. The van der Waals surface area contributed by atoms with Crippen molar-refractivity contribution in [3.8, 4) is 11.3 Å². The molecule has 0 fully saturated rings. The van der Waals surface area contributed by atoms with E-state index in [0.717, 1.165) is 22.6 Å². The first kappa shape index (κ1) is 9.09. The Hall–Kier alpha value is -1.48.